The van der Waals surface area contributed by atoms with Crippen molar-refractivity contribution in [1.29, 1.82) is 0 Å². The van der Waals surface area contributed by atoms with E-state index in [1.165, 1.54) is 43.8 Å². The molecule has 0 aliphatic rings. The fraction of sp³-hybridized carbons (Fsp3) is 0.133. The molecule has 26 heavy (non-hydrogen) atoms. The van der Waals surface area contributed by atoms with Crippen LogP contribution in [-0.2, 0) is 4.79 Å². The second-order valence-electron chi connectivity index (χ2n) is 4.71. The van der Waals surface area contributed by atoms with Crippen LogP contribution in [0.15, 0.2) is 35.6 Å². The molecule has 0 spiro atoms. The van der Waals surface area contributed by atoms with Gasteiger partial charge in [-0.15, -0.1) is 0 Å². The zero-order valence-electron chi connectivity index (χ0n) is 13.4. The van der Waals surface area contributed by atoms with Crippen LogP contribution < -0.4 is 14.9 Å². The molecule has 0 saturated carbocycles. The number of halogens is 1. The van der Waals surface area contributed by atoms with Crippen LogP contribution in [0.3, 0.4) is 0 Å². The van der Waals surface area contributed by atoms with Crippen molar-refractivity contribution in [3.8, 4) is 11.5 Å². The van der Waals surface area contributed by atoms with Crippen LogP contribution in [-0.4, -0.2) is 40.9 Å². The zero-order valence-corrected chi connectivity index (χ0v) is 14.1. The normalized spacial score (nSPS) is 10.5. The Kier molecular flexibility index (Phi) is 6.28. The quantitative estimate of drug-likeness (QED) is 0.405. The number of nitrogens with zero attached hydrogens (tertiary/aromatic N) is 3. The summed E-state index contributed by atoms with van der Waals surface area (Å²) < 4.78 is 10.2. The molecule has 2 N–H and O–H groups in total. The van der Waals surface area contributed by atoms with Crippen molar-refractivity contribution in [3.63, 3.8) is 0 Å². The number of pyridine rings is 1. The van der Waals surface area contributed by atoms with Gasteiger partial charge in [0.15, 0.2) is 18.1 Å². The number of aliphatic carboxylic acids is 1. The molecule has 1 heterocycles. The van der Waals surface area contributed by atoms with E-state index in [9.17, 15) is 14.9 Å². The molecule has 0 aliphatic heterocycles. The van der Waals surface area contributed by atoms with Crippen LogP contribution in [0.4, 0.5) is 11.5 Å². The number of aromatic nitrogens is 1. The lowest BCUT2D eigenvalue weighted by Crippen LogP contribution is -2.10. The molecule has 10 nitrogen and oxygen atoms in total. The Labute approximate surface area is 152 Å². The van der Waals surface area contributed by atoms with Gasteiger partial charge in [0, 0.05) is 12.3 Å². The van der Waals surface area contributed by atoms with Gasteiger partial charge < -0.3 is 14.6 Å². The third kappa shape index (κ3) is 4.80. The topological polar surface area (TPSA) is 136 Å². The minimum Gasteiger partial charge on any atom is -0.493 e. The van der Waals surface area contributed by atoms with Gasteiger partial charge >= 0.3 is 11.7 Å². The highest BCUT2D eigenvalue weighted by molar-refractivity contribution is 6.32. The number of hydrogen-bond acceptors (Lipinski definition) is 8. The highest BCUT2D eigenvalue weighted by atomic mass is 35.5. The van der Waals surface area contributed by atoms with E-state index in [2.05, 4.69) is 15.5 Å². The largest absolute Gasteiger partial charge is 0.493 e. The smallest absolute Gasteiger partial charge is 0.341 e. The van der Waals surface area contributed by atoms with E-state index in [1.807, 2.05) is 0 Å². The Morgan fingerprint density at radius 1 is 1.54 bits per heavy atom. The maximum Gasteiger partial charge on any atom is 0.341 e. The summed E-state index contributed by atoms with van der Waals surface area (Å²) in [6.45, 7) is -0.575. The van der Waals surface area contributed by atoms with Crippen LogP contribution in [0.1, 0.15) is 5.56 Å². The summed E-state index contributed by atoms with van der Waals surface area (Å²) in [5, 5.41) is 23.6. The Balaban J connectivity index is 2.19. The highest BCUT2D eigenvalue weighted by Gasteiger charge is 2.14. The number of benzene rings is 1. The average Bonchev–Trinajstić information content (AvgIpc) is 2.60. The first kappa shape index (κ1) is 18.9. The summed E-state index contributed by atoms with van der Waals surface area (Å²) in [5.41, 5.74) is 2.74. The fourth-order valence-corrected chi connectivity index (χ4v) is 2.16. The molecule has 2 aromatic rings. The van der Waals surface area contributed by atoms with E-state index in [1.54, 1.807) is 0 Å². The monoisotopic (exact) mass is 380 g/mol. The van der Waals surface area contributed by atoms with Gasteiger partial charge in [-0.3, -0.25) is 15.5 Å². The van der Waals surface area contributed by atoms with Crippen LogP contribution in [0, 0.1) is 10.1 Å². The molecule has 11 heteroatoms. The van der Waals surface area contributed by atoms with E-state index >= 15 is 0 Å². The van der Waals surface area contributed by atoms with Gasteiger partial charge in [-0.05, 0) is 23.8 Å². The zero-order chi connectivity index (χ0) is 19.1. The number of carbonyl (C=O) groups is 1. The second-order valence-corrected chi connectivity index (χ2v) is 5.12. The lowest BCUT2D eigenvalue weighted by molar-refractivity contribution is -0.384. The van der Waals surface area contributed by atoms with E-state index in [4.69, 9.17) is 26.2 Å². The van der Waals surface area contributed by atoms with E-state index < -0.39 is 17.5 Å². The SMILES string of the molecule is COc1cc(/C=N\Nc2ncccc2[N+](=O)[O-])cc(Cl)c1OCC(=O)O. The van der Waals surface area contributed by atoms with Crippen molar-refractivity contribution < 1.29 is 24.3 Å². The van der Waals surface area contributed by atoms with Crippen LogP contribution in [0.2, 0.25) is 5.02 Å². The number of hydrazone groups is 1. The summed E-state index contributed by atoms with van der Waals surface area (Å²) in [7, 11) is 1.37. The standard InChI is InChI=1S/C15H13ClN4O6/c1-25-12-6-9(5-10(16)14(12)26-8-13(21)22)7-18-19-15-11(20(23)24)3-2-4-17-15/h2-7H,8H2,1H3,(H,17,19)(H,21,22)/b18-7-. The van der Waals surface area contributed by atoms with Gasteiger partial charge in [-0.25, -0.2) is 9.78 Å². The van der Waals surface area contributed by atoms with Crippen molar-refractivity contribution in [1.82, 2.24) is 4.98 Å². The predicted molar refractivity (Wildman–Crippen MR) is 93.2 cm³/mol. The second kappa shape index (κ2) is 8.62. The number of carboxylic acids is 1. The molecule has 1 aromatic carbocycles. The predicted octanol–water partition coefficient (Wildman–Crippen LogP) is 2.56. The number of anilines is 1. The average molecular weight is 381 g/mol. The van der Waals surface area contributed by atoms with Crippen molar-refractivity contribution in [2.75, 3.05) is 19.1 Å². The van der Waals surface area contributed by atoms with Gasteiger partial charge in [0.2, 0.25) is 5.82 Å². The van der Waals surface area contributed by atoms with E-state index in [0.717, 1.165) is 0 Å². The van der Waals surface area contributed by atoms with Crippen LogP contribution >= 0.6 is 11.6 Å². The molecule has 0 aliphatic carbocycles. The summed E-state index contributed by atoms with van der Waals surface area (Å²) in [6, 6.07) is 5.72. The minimum absolute atomic E-state index is 0.0202. The molecule has 0 radical (unpaired) electrons. The van der Waals surface area contributed by atoms with Gasteiger partial charge in [-0.1, -0.05) is 11.6 Å². The fourth-order valence-electron chi connectivity index (χ4n) is 1.89. The number of methoxy groups -OCH3 is 1. The maximum absolute atomic E-state index is 10.9. The van der Waals surface area contributed by atoms with Crippen molar-refractivity contribution in [2.45, 2.75) is 0 Å². The molecule has 0 unspecified atom stereocenters. The number of nitro groups is 1. The summed E-state index contributed by atoms with van der Waals surface area (Å²) in [6.07, 6.45) is 2.73. The third-order valence-electron chi connectivity index (χ3n) is 2.96. The Morgan fingerprint density at radius 2 is 2.31 bits per heavy atom. The summed E-state index contributed by atoms with van der Waals surface area (Å²) in [5.74, 6) is -0.880. The molecule has 0 saturated heterocycles. The van der Waals surface area contributed by atoms with Gasteiger partial charge in [-0.2, -0.15) is 5.10 Å². The van der Waals surface area contributed by atoms with E-state index in [-0.39, 0.29) is 28.0 Å². The lowest BCUT2D eigenvalue weighted by atomic mass is 10.2. The van der Waals surface area contributed by atoms with Crippen molar-refractivity contribution in [3.05, 3.63) is 51.2 Å². The van der Waals surface area contributed by atoms with Crippen LogP contribution in [0.25, 0.3) is 0 Å². The van der Waals surface area contributed by atoms with E-state index in [0.29, 0.717) is 5.56 Å². The Morgan fingerprint density at radius 3 is 2.96 bits per heavy atom. The summed E-state index contributed by atoms with van der Waals surface area (Å²) >= 11 is 6.08. The summed E-state index contributed by atoms with van der Waals surface area (Å²) in [4.78, 5) is 24.8. The van der Waals surface area contributed by atoms with Gasteiger partial charge in [0.25, 0.3) is 0 Å². The van der Waals surface area contributed by atoms with Crippen LogP contribution in [0.5, 0.6) is 11.5 Å². The molecule has 0 atom stereocenters. The molecule has 0 fully saturated rings. The molecule has 0 bridgehead atoms. The molecule has 2 rings (SSSR count). The first-order valence-electron chi connectivity index (χ1n) is 7.03. The molecular weight excluding hydrogens is 368 g/mol. The lowest BCUT2D eigenvalue weighted by Gasteiger charge is -2.11. The van der Waals surface area contributed by atoms with Gasteiger partial charge in [0.05, 0.1) is 23.3 Å². The number of carboxylic acid groups (broad SMARTS) is 1. The minimum atomic E-state index is -1.16. The first-order chi connectivity index (χ1) is 12.4. The molecule has 1 aromatic heterocycles. The first-order valence-corrected chi connectivity index (χ1v) is 7.40. The maximum atomic E-state index is 10.9. The van der Waals surface area contributed by atoms with Gasteiger partial charge in [0.1, 0.15) is 0 Å². The number of hydrogen-bond donors (Lipinski definition) is 2. The third-order valence-corrected chi connectivity index (χ3v) is 3.24. The molecular formula is C15H13ClN4O6. The number of rotatable bonds is 8. The molecule has 136 valence electrons. The number of ether oxygens (including phenoxy) is 2. The van der Waals surface area contributed by atoms with Crippen molar-refractivity contribution in [2.24, 2.45) is 5.10 Å². The number of nitrogens with one attached hydrogen (secondary N) is 1. The Hall–Kier alpha value is -3.40. The Bertz CT molecular complexity index is 858. The van der Waals surface area contributed by atoms with Crippen molar-refractivity contribution >= 4 is 35.3 Å². The highest BCUT2D eigenvalue weighted by Crippen LogP contribution is 2.36. The molecule has 0 amide bonds.